The van der Waals surface area contributed by atoms with Crippen molar-refractivity contribution in [3.8, 4) is 5.75 Å². The molecule has 39 heavy (non-hydrogen) atoms. The van der Waals surface area contributed by atoms with Gasteiger partial charge in [-0.05, 0) is 42.0 Å². The lowest BCUT2D eigenvalue weighted by Gasteiger charge is -2.23. The second-order valence-electron chi connectivity index (χ2n) is 9.02. The fourth-order valence-corrected chi connectivity index (χ4v) is 4.50. The number of hydrogen-bond donors (Lipinski definition) is 3. The Morgan fingerprint density at radius 1 is 0.949 bits per heavy atom. The molecule has 5 rings (SSSR count). The molecule has 1 aliphatic rings. The number of amides is 3. The zero-order valence-electron chi connectivity index (χ0n) is 20.8. The summed E-state index contributed by atoms with van der Waals surface area (Å²) < 4.78 is 11.6. The number of pyridine rings is 1. The van der Waals surface area contributed by atoms with Crippen molar-refractivity contribution >= 4 is 34.5 Å². The monoisotopic (exact) mass is 526 g/mol. The Bertz CT molecular complexity index is 1470. The van der Waals surface area contributed by atoms with Crippen molar-refractivity contribution < 1.29 is 29.1 Å². The summed E-state index contributed by atoms with van der Waals surface area (Å²) in [5.74, 6) is -0.577. The number of rotatable bonds is 7. The lowest BCUT2D eigenvalue weighted by atomic mass is 10.1. The van der Waals surface area contributed by atoms with E-state index >= 15 is 0 Å². The Labute approximate surface area is 224 Å². The van der Waals surface area contributed by atoms with E-state index in [0.29, 0.717) is 17.0 Å². The van der Waals surface area contributed by atoms with Gasteiger partial charge < -0.3 is 14.8 Å². The standard InChI is InChI=1S/C29H26N4O6/c34-27(32-37)21-11-13-22(14-12-21)39-23-16-25(33(17-23)29(36)38-18-19-6-2-1-3-7-19)28(35)31-24-10-4-8-20-9-5-15-30-26(20)24/h1-15,23,25,37H,16-18H2,(H,31,35)(H,32,34)/t23-,25-/m0/s1. The van der Waals surface area contributed by atoms with E-state index in [4.69, 9.17) is 14.7 Å². The molecule has 198 valence electrons. The molecular formula is C29H26N4O6. The van der Waals surface area contributed by atoms with Crippen LogP contribution in [0.2, 0.25) is 0 Å². The number of hydrogen-bond acceptors (Lipinski definition) is 7. The number of likely N-dealkylation sites (tertiary alicyclic amines) is 1. The molecular weight excluding hydrogens is 500 g/mol. The Balaban J connectivity index is 1.33. The number of benzene rings is 3. The van der Waals surface area contributed by atoms with E-state index in [9.17, 15) is 14.4 Å². The Morgan fingerprint density at radius 3 is 2.49 bits per heavy atom. The van der Waals surface area contributed by atoms with Gasteiger partial charge in [-0.3, -0.25) is 24.7 Å². The lowest BCUT2D eigenvalue weighted by molar-refractivity contribution is -0.120. The minimum Gasteiger partial charge on any atom is -0.488 e. The van der Waals surface area contributed by atoms with Gasteiger partial charge in [0.15, 0.2) is 0 Å². The van der Waals surface area contributed by atoms with Gasteiger partial charge in [-0.25, -0.2) is 10.3 Å². The van der Waals surface area contributed by atoms with E-state index in [-0.39, 0.29) is 31.0 Å². The molecule has 1 fully saturated rings. The first kappa shape index (κ1) is 25.7. The maximum atomic E-state index is 13.5. The van der Waals surface area contributed by atoms with Gasteiger partial charge in [0, 0.05) is 23.6 Å². The first-order valence-electron chi connectivity index (χ1n) is 12.3. The van der Waals surface area contributed by atoms with Crippen molar-refractivity contribution in [1.82, 2.24) is 15.4 Å². The Hall–Kier alpha value is -4.96. The number of aromatic nitrogens is 1. The molecule has 10 heteroatoms. The molecule has 1 saturated heterocycles. The molecule has 0 aliphatic carbocycles. The summed E-state index contributed by atoms with van der Waals surface area (Å²) in [7, 11) is 0. The average molecular weight is 527 g/mol. The Morgan fingerprint density at radius 2 is 1.72 bits per heavy atom. The molecule has 3 amide bonds. The summed E-state index contributed by atoms with van der Waals surface area (Å²) in [5, 5.41) is 12.6. The topological polar surface area (TPSA) is 130 Å². The molecule has 3 N–H and O–H groups in total. The molecule has 0 spiro atoms. The molecule has 2 heterocycles. The van der Waals surface area contributed by atoms with Gasteiger partial charge in [0.2, 0.25) is 5.91 Å². The molecule has 2 atom stereocenters. The first-order chi connectivity index (χ1) is 19.0. The predicted molar refractivity (Wildman–Crippen MR) is 142 cm³/mol. The minimum absolute atomic E-state index is 0.0671. The fraction of sp³-hybridized carbons (Fsp3) is 0.172. The third kappa shape index (κ3) is 5.97. The predicted octanol–water partition coefficient (Wildman–Crippen LogP) is 4.15. The van der Waals surface area contributed by atoms with Crippen LogP contribution in [0.4, 0.5) is 10.5 Å². The van der Waals surface area contributed by atoms with Crippen LogP contribution in [-0.2, 0) is 16.1 Å². The smallest absolute Gasteiger partial charge is 0.410 e. The molecule has 0 saturated carbocycles. The SMILES string of the molecule is O=C(NO)c1ccc(O[C@H]2C[C@@H](C(=O)Nc3cccc4cccnc34)N(C(=O)OCc3ccccc3)C2)cc1. The van der Waals surface area contributed by atoms with Gasteiger partial charge >= 0.3 is 6.09 Å². The number of nitrogens with zero attached hydrogens (tertiary/aromatic N) is 2. The number of para-hydroxylation sites is 1. The van der Waals surface area contributed by atoms with Crippen LogP contribution in [0, 0.1) is 0 Å². The van der Waals surface area contributed by atoms with E-state index in [1.807, 2.05) is 54.6 Å². The van der Waals surface area contributed by atoms with E-state index in [2.05, 4.69) is 10.3 Å². The highest BCUT2D eigenvalue weighted by atomic mass is 16.6. The third-order valence-electron chi connectivity index (χ3n) is 6.42. The normalized spacial score (nSPS) is 16.5. The largest absolute Gasteiger partial charge is 0.488 e. The van der Waals surface area contributed by atoms with Crippen LogP contribution in [0.15, 0.2) is 91.1 Å². The van der Waals surface area contributed by atoms with Gasteiger partial charge in [-0.1, -0.05) is 48.5 Å². The van der Waals surface area contributed by atoms with Crippen molar-refractivity contribution in [2.24, 2.45) is 0 Å². The summed E-state index contributed by atoms with van der Waals surface area (Å²) in [6.45, 7) is 0.191. The molecule has 0 radical (unpaired) electrons. The molecule has 3 aromatic carbocycles. The molecule has 0 unspecified atom stereocenters. The van der Waals surface area contributed by atoms with E-state index in [1.165, 1.54) is 17.0 Å². The van der Waals surface area contributed by atoms with Gasteiger partial charge in [-0.15, -0.1) is 0 Å². The lowest BCUT2D eigenvalue weighted by Crippen LogP contribution is -2.43. The molecule has 1 aliphatic heterocycles. The maximum Gasteiger partial charge on any atom is 0.410 e. The van der Waals surface area contributed by atoms with Crippen molar-refractivity contribution in [3.63, 3.8) is 0 Å². The fourth-order valence-electron chi connectivity index (χ4n) is 4.50. The second-order valence-corrected chi connectivity index (χ2v) is 9.02. The van der Waals surface area contributed by atoms with E-state index < -0.39 is 24.1 Å². The van der Waals surface area contributed by atoms with Gasteiger partial charge in [0.05, 0.1) is 17.7 Å². The molecule has 1 aromatic heterocycles. The Kier molecular flexibility index (Phi) is 7.65. The van der Waals surface area contributed by atoms with Crippen molar-refractivity contribution in [1.29, 1.82) is 0 Å². The number of anilines is 1. The van der Waals surface area contributed by atoms with Crippen LogP contribution >= 0.6 is 0 Å². The number of carbonyl (C=O) groups excluding carboxylic acids is 3. The van der Waals surface area contributed by atoms with Crippen LogP contribution in [0.25, 0.3) is 10.9 Å². The number of fused-ring (bicyclic) bond motifs is 1. The minimum atomic E-state index is -0.850. The van der Waals surface area contributed by atoms with Gasteiger partial charge in [0.1, 0.15) is 24.5 Å². The van der Waals surface area contributed by atoms with E-state index in [1.54, 1.807) is 29.9 Å². The van der Waals surface area contributed by atoms with Crippen LogP contribution in [0.3, 0.4) is 0 Å². The van der Waals surface area contributed by atoms with Crippen LogP contribution in [0.1, 0.15) is 22.3 Å². The summed E-state index contributed by atoms with van der Waals surface area (Å²) in [6.07, 6.45) is 0.744. The zero-order chi connectivity index (χ0) is 27.2. The van der Waals surface area contributed by atoms with Crippen molar-refractivity contribution in [2.45, 2.75) is 25.2 Å². The van der Waals surface area contributed by atoms with Crippen LogP contribution in [-0.4, -0.2) is 51.7 Å². The molecule has 4 aromatic rings. The van der Waals surface area contributed by atoms with Crippen molar-refractivity contribution in [2.75, 3.05) is 11.9 Å². The maximum absolute atomic E-state index is 13.5. The third-order valence-corrected chi connectivity index (χ3v) is 6.42. The first-order valence-corrected chi connectivity index (χ1v) is 12.3. The summed E-state index contributed by atoms with van der Waals surface area (Å²) in [5.41, 5.74) is 3.84. The van der Waals surface area contributed by atoms with Crippen molar-refractivity contribution in [3.05, 3.63) is 102 Å². The van der Waals surface area contributed by atoms with Gasteiger partial charge in [0.25, 0.3) is 5.91 Å². The number of nitrogens with one attached hydrogen (secondary N) is 2. The van der Waals surface area contributed by atoms with Crippen LogP contribution < -0.4 is 15.5 Å². The molecule has 0 bridgehead atoms. The highest BCUT2D eigenvalue weighted by Crippen LogP contribution is 2.27. The number of hydroxylamine groups is 1. The molecule has 10 nitrogen and oxygen atoms in total. The van der Waals surface area contributed by atoms with Crippen LogP contribution in [0.5, 0.6) is 5.75 Å². The summed E-state index contributed by atoms with van der Waals surface area (Å²) >= 11 is 0. The van der Waals surface area contributed by atoms with Gasteiger partial charge in [-0.2, -0.15) is 0 Å². The average Bonchev–Trinajstić information content (AvgIpc) is 3.40. The summed E-state index contributed by atoms with van der Waals surface area (Å²) in [4.78, 5) is 44.0. The van der Waals surface area contributed by atoms with E-state index in [0.717, 1.165) is 10.9 Å². The highest BCUT2D eigenvalue weighted by Gasteiger charge is 2.42. The summed E-state index contributed by atoms with van der Waals surface area (Å²) in [6, 6.07) is 23.8. The zero-order valence-corrected chi connectivity index (χ0v) is 20.8. The quantitative estimate of drug-likeness (QED) is 0.244. The number of ether oxygens (including phenoxy) is 2. The second kappa shape index (κ2) is 11.6. The highest BCUT2D eigenvalue weighted by molar-refractivity contribution is 6.03. The number of carbonyl (C=O) groups is 3.